The van der Waals surface area contributed by atoms with Gasteiger partial charge in [-0.3, -0.25) is 9.69 Å². The van der Waals surface area contributed by atoms with Crippen molar-refractivity contribution in [3.8, 4) is 5.75 Å². The zero-order valence-electron chi connectivity index (χ0n) is 15.7. The maximum atomic E-state index is 13.3. The molecule has 1 aliphatic heterocycles. The number of piperazine rings is 1. The smallest absolute Gasteiger partial charge is 0.165 e. The summed E-state index contributed by atoms with van der Waals surface area (Å²) in [5.41, 5.74) is 7.53. The lowest BCUT2D eigenvalue weighted by Crippen LogP contribution is -2.46. The summed E-state index contributed by atoms with van der Waals surface area (Å²) >= 11 is 0. The number of rotatable bonds is 7. The second-order valence-electron chi connectivity index (χ2n) is 6.76. The number of nitrogens with zero attached hydrogens (tertiary/aromatic N) is 2. The third-order valence-corrected chi connectivity index (χ3v) is 4.99. The number of benzene rings is 2. The minimum Gasteiger partial charge on any atom is -0.495 e. The standard InChI is InChI=1S/C21H26FN3O2/c1-27-21-7-3-2-5-19(21)25-13-11-24(12-14-25)10-4-6-20(26)17-15-16(22)8-9-18(17)23/h2-3,5,7-9,15H,4,6,10-14,23H2,1H3. The van der Waals surface area contributed by atoms with Crippen LogP contribution in [0, 0.1) is 5.82 Å². The molecule has 1 aliphatic rings. The van der Waals surface area contributed by atoms with Crippen LogP contribution in [0.3, 0.4) is 0 Å². The third kappa shape index (κ3) is 4.77. The summed E-state index contributed by atoms with van der Waals surface area (Å²) in [5.74, 6) is 0.365. The molecule has 0 amide bonds. The van der Waals surface area contributed by atoms with Crippen molar-refractivity contribution in [1.82, 2.24) is 4.90 Å². The van der Waals surface area contributed by atoms with E-state index in [0.29, 0.717) is 12.1 Å². The Labute approximate surface area is 159 Å². The van der Waals surface area contributed by atoms with E-state index in [1.54, 1.807) is 7.11 Å². The van der Waals surface area contributed by atoms with Gasteiger partial charge >= 0.3 is 0 Å². The van der Waals surface area contributed by atoms with Gasteiger partial charge in [0.25, 0.3) is 0 Å². The molecule has 1 saturated heterocycles. The molecule has 5 nitrogen and oxygen atoms in total. The van der Waals surface area contributed by atoms with Crippen LogP contribution in [0.25, 0.3) is 0 Å². The van der Waals surface area contributed by atoms with E-state index >= 15 is 0 Å². The molecular formula is C21H26FN3O2. The van der Waals surface area contributed by atoms with Crippen LogP contribution in [0.5, 0.6) is 5.75 Å². The molecule has 0 atom stereocenters. The van der Waals surface area contributed by atoms with E-state index in [0.717, 1.165) is 50.6 Å². The fourth-order valence-corrected chi connectivity index (χ4v) is 3.47. The summed E-state index contributed by atoms with van der Waals surface area (Å²) in [6.07, 6.45) is 1.11. The Balaban J connectivity index is 1.46. The van der Waals surface area contributed by atoms with E-state index in [9.17, 15) is 9.18 Å². The van der Waals surface area contributed by atoms with Crippen molar-refractivity contribution >= 4 is 17.2 Å². The number of nitrogens with two attached hydrogens (primary N) is 1. The molecule has 2 N–H and O–H groups in total. The Morgan fingerprint density at radius 2 is 1.89 bits per heavy atom. The average molecular weight is 371 g/mol. The van der Waals surface area contributed by atoms with Crippen LogP contribution in [0.2, 0.25) is 0 Å². The fourth-order valence-electron chi connectivity index (χ4n) is 3.47. The van der Waals surface area contributed by atoms with Gasteiger partial charge < -0.3 is 15.4 Å². The van der Waals surface area contributed by atoms with Gasteiger partial charge in [0, 0.05) is 43.9 Å². The second-order valence-corrected chi connectivity index (χ2v) is 6.76. The van der Waals surface area contributed by atoms with Crippen LogP contribution in [0.15, 0.2) is 42.5 Å². The monoisotopic (exact) mass is 371 g/mol. The van der Waals surface area contributed by atoms with E-state index in [2.05, 4.69) is 15.9 Å². The number of anilines is 2. The van der Waals surface area contributed by atoms with Crippen molar-refractivity contribution in [2.45, 2.75) is 12.8 Å². The number of carbonyl (C=O) groups excluding carboxylic acids is 1. The molecule has 0 aliphatic carbocycles. The number of carbonyl (C=O) groups is 1. The van der Waals surface area contributed by atoms with Crippen molar-refractivity contribution in [3.05, 3.63) is 53.8 Å². The largest absolute Gasteiger partial charge is 0.495 e. The van der Waals surface area contributed by atoms with E-state index in [-0.39, 0.29) is 11.3 Å². The average Bonchev–Trinajstić information content (AvgIpc) is 2.70. The number of hydrogen-bond donors (Lipinski definition) is 1. The Morgan fingerprint density at radius 1 is 1.15 bits per heavy atom. The molecule has 144 valence electrons. The third-order valence-electron chi connectivity index (χ3n) is 4.99. The van der Waals surface area contributed by atoms with Crippen LogP contribution < -0.4 is 15.4 Å². The highest BCUT2D eigenvalue weighted by Crippen LogP contribution is 2.28. The zero-order chi connectivity index (χ0) is 19.2. The van der Waals surface area contributed by atoms with Crippen molar-refractivity contribution in [2.24, 2.45) is 0 Å². The number of para-hydroxylation sites is 2. The minimum absolute atomic E-state index is 0.0975. The lowest BCUT2D eigenvalue weighted by atomic mass is 10.0. The Kier molecular flexibility index (Phi) is 6.29. The maximum absolute atomic E-state index is 13.3. The van der Waals surface area contributed by atoms with Crippen LogP contribution in [-0.4, -0.2) is 50.5 Å². The fraction of sp³-hybridized carbons (Fsp3) is 0.381. The molecule has 0 bridgehead atoms. The number of halogens is 1. The van der Waals surface area contributed by atoms with E-state index in [4.69, 9.17) is 10.5 Å². The number of nitrogen functional groups attached to an aromatic ring is 1. The van der Waals surface area contributed by atoms with E-state index in [1.807, 2.05) is 18.2 Å². The van der Waals surface area contributed by atoms with Crippen LogP contribution in [-0.2, 0) is 0 Å². The summed E-state index contributed by atoms with van der Waals surface area (Å²) in [6.45, 7) is 4.57. The Bertz CT molecular complexity index is 789. The highest BCUT2D eigenvalue weighted by molar-refractivity contribution is 6.00. The second kappa shape index (κ2) is 8.86. The molecule has 0 radical (unpaired) electrons. The summed E-state index contributed by atoms with van der Waals surface area (Å²) in [7, 11) is 1.69. The first-order chi connectivity index (χ1) is 13.1. The highest BCUT2D eigenvalue weighted by Gasteiger charge is 2.19. The first-order valence-electron chi connectivity index (χ1n) is 9.27. The van der Waals surface area contributed by atoms with Crippen molar-refractivity contribution in [2.75, 3.05) is 50.5 Å². The summed E-state index contributed by atoms with van der Waals surface area (Å²) in [6, 6.07) is 12.0. The molecule has 3 rings (SSSR count). The van der Waals surface area contributed by atoms with Gasteiger partial charge in [0.1, 0.15) is 11.6 Å². The molecule has 0 spiro atoms. The topological polar surface area (TPSA) is 58.8 Å². The number of ether oxygens (including phenoxy) is 1. The molecule has 0 saturated carbocycles. The molecule has 0 aromatic heterocycles. The Hall–Kier alpha value is -2.60. The van der Waals surface area contributed by atoms with Gasteiger partial charge in [0.2, 0.25) is 0 Å². The van der Waals surface area contributed by atoms with Gasteiger partial charge in [-0.05, 0) is 43.3 Å². The van der Waals surface area contributed by atoms with Crippen molar-refractivity contribution < 1.29 is 13.9 Å². The SMILES string of the molecule is COc1ccccc1N1CCN(CCCC(=O)c2cc(F)ccc2N)CC1. The van der Waals surface area contributed by atoms with Crippen LogP contribution in [0.1, 0.15) is 23.2 Å². The number of methoxy groups -OCH3 is 1. The van der Waals surface area contributed by atoms with Gasteiger partial charge in [0.15, 0.2) is 5.78 Å². The van der Waals surface area contributed by atoms with Gasteiger partial charge in [-0.1, -0.05) is 12.1 Å². The lowest BCUT2D eigenvalue weighted by molar-refractivity contribution is 0.0974. The summed E-state index contributed by atoms with van der Waals surface area (Å²) < 4.78 is 18.8. The predicted octanol–water partition coefficient (Wildman–Crippen LogP) is 3.20. The van der Waals surface area contributed by atoms with Gasteiger partial charge in [-0.25, -0.2) is 4.39 Å². The Morgan fingerprint density at radius 3 is 2.63 bits per heavy atom. The summed E-state index contributed by atoms with van der Waals surface area (Å²) in [4.78, 5) is 17.0. The number of ketones is 1. The molecule has 1 heterocycles. The number of hydrogen-bond acceptors (Lipinski definition) is 5. The maximum Gasteiger partial charge on any atom is 0.165 e. The molecule has 27 heavy (non-hydrogen) atoms. The molecule has 0 unspecified atom stereocenters. The summed E-state index contributed by atoms with van der Waals surface area (Å²) in [5, 5.41) is 0. The molecule has 2 aromatic rings. The minimum atomic E-state index is -0.431. The first kappa shape index (κ1) is 19.2. The molecule has 2 aromatic carbocycles. The van der Waals surface area contributed by atoms with Crippen LogP contribution in [0.4, 0.5) is 15.8 Å². The molecule has 1 fully saturated rings. The van der Waals surface area contributed by atoms with E-state index < -0.39 is 5.82 Å². The van der Waals surface area contributed by atoms with Crippen LogP contribution >= 0.6 is 0 Å². The van der Waals surface area contributed by atoms with Gasteiger partial charge in [-0.2, -0.15) is 0 Å². The first-order valence-corrected chi connectivity index (χ1v) is 9.27. The quantitative estimate of drug-likeness (QED) is 0.598. The lowest BCUT2D eigenvalue weighted by Gasteiger charge is -2.36. The van der Waals surface area contributed by atoms with Gasteiger partial charge in [-0.15, -0.1) is 0 Å². The molecular weight excluding hydrogens is 345 g/mol. The van der Waals surface area contributed by atoms with Gasteiger partial charge in [0.05, 0.1) is 12.8 Å². The normalized spacial score (nSPS) is 15.0. The zero-order valence-corrected chi connectivity index (χ0v) is 15.7. The van der Waals surface area contributed by atoms with Crippen molar-refractivity contribution in [1.29, 1.82) is 0 Å². The number of Topliss-reactive ketones (excluding diaryl/α,β-unsaturated/α-hetero) is 1. The highest BCUT2D eigenvalue weighted by atomic mass is 19.1. The molecule has 6 heteroatoms. The predicted molar refractivity (Wildman–Crippen MR) is 106 cm³/mol. The van der Waals surface area contributed by atoms with E-state index in [1.165, 1.54) is 18.2 Å². The van der Waals surface area contributed by atoms with Crippen molar-refractivity contribution in [3.63, 3.8) is 0 Å².